The molecule has 0 bridgehead atoms. The molecular formula is C20H16ClNO7. The van der Waals surface area contributed by atoms with Crippen molar-refractivity contribution >= 4 is 41.2 Å². The van der Waals surface area contributed by atoms with E-state index in [4.69, 9.17) is 25.8 Å². The standard InChI is InChI=1S/C20H16ClNO7/c1-26-20(25)13-3-5-14(6-4-13)22-17(23)10-27-18(24)7-2-12-8-15(21)19-16(9-12)28-11-29-19/h2-9H,10-11H2,1H3,(H,22,23)/b7-2+. The van der Waals surface area contributed by atoms with Crippen LogP contribution in [0.1, 0.15) is 15.9 Å². The SMILES string of the molecule is COC(=O)c1ccc(NC(=O)COC(=O)/C=C/c2cc(Cl)c3c(c2)OCO3)cc1. The zero-order chi connectivity index (χ0) is 20.8. The summed E-state index contributed by atoms with van der Waals surface area (Å²) in [5.74, 6) is -0.753. The lowest BCUT2D eigenvalue weighted by Crippen LogP contribution is -2.20. The molecule has 1 aliphatic heterocycles. The van der Waals surface area contributed by atoms with Crippen molar-refractivity contribution in [1.29, 1.82) is 0 Å². The van der Waals surface area contributed by atoms with Gasteiger partial charge in [-0.05, 0) is 48.0 Å². The summed E-state index contributed by atoms with van der Waals surface area (Å²) in [4.78, 5) is 35.1. The first-order valence-electron chi connectivity index (χ1n) is 8.38. The number of amides is 1. The number of halogens is 1. The number of fused-ring (bicyclic) bond motifs is 1. The number of esters is 2. The minimum Gasteiger partial charge on any atom is -0.465 e. The molecular weight excluding hydrogens is 402 g/mol. The molecule has 2 aromatic rings. The summed E-state index contributed by atoms with van der Waals surface area (Å²) >= 11 is 6.07. The molecule has 0 spiro atoms. The second-order valence-corrected chi connectivity index (χ2v) is 6.20. The maximum absolute atomic E-state index is 11.9. The van der Waals surface area contributed by atoms with E-state index in [9.17, 15) is 14.4 Å². The Labute approximate surface area is 171 Å². The summed E-state index contributed by atoms with van der Waals surface area (Å²) in [5.41, 5.74) is 1.42. The van der Waals surface area contributed by atoms with E-state index in [-0.39, 0.29) is 6.79 Å². The molecule has 0 saturated carbocycles. The highest BCUT2D eigenvalue weighted by molar-refractivity contribution is 6.32. The zero-order valence-electron chi connectivity index (χ0n) is 15.3. The number of nitrogens with one attached hydrogen (secondary N) is 1. The highest BCUT2D eigenvalue weighted by atomic mass is 35.5. The van der Waals surface area contributed by atoms with E-state index in [0.29, 0.717) is 33.3 Å². The Morgan fingerprint density at radius 1 is 1.17 bits per heavy atom. The molecule has 29 heavy (non-hydrogen) atoms. The van der Waals surface area contributed by atoms with Gasteiger partial charge in [0.15, 0.2) is 18.1 Å². The summed E-state index contributed by atoms with van der Waals surface area (Å²) in [5, 5.41) is 2.92. The summed E-state index contributed by atoms with van der Waals surface area (Å²) in [6.07, 6.45) is 2.66. The molecule has 0 saturated heterocycles. The van der Waals surface area contributed by atoms with Crippen LogP contribution in [0.25, 0.3) is 6.08 Å². The van der Waals surface area contributed by atoms with Crippen molar-refractivity contribution in [2.24, 2.45) is 0 Å². The van der Waals surface area contributed by atoms with Gasteiger partial charge in [-0.1, -0.05) is 11.6 Å². The average molecular weight is 418 g/mol. The molecule has 1 amide bonds. The van der Waals surface area contributed by atoms with Gasteiger partial charge in [-0.3, -0.25) is 4.79 Å². The number of hydrogen-bond donors (Lipinski definition) is 1. The number of benzene rings is 2. The van der Waals surface area contributed by atoms with Crippen LogP contribution < -0.4 is 14.8 Å². The monoisotopic (exact) mass is 417 g/mol. The Balaban J connectivity index is 1.49. The van der Waals surface area contributed by atoms with E-state index >= 15 is 0 Å². The molecule has 9 heteroatoms. The highest BCUT2D eigenvalue weighted by Gasteiger charge is 2.17. The molecule has 8 nitrogen and oxygen atoms in total. The van der Waals surface area contributed by atoms with Gasteiger partial charge >= 0.3 is 11.9 Å². The van der Waals surface area contributed by atoms with Crippen molar-refractivity contribution < 1.29 is 33.3 Å². The first kappa shape index (κ1) is 20.2. The molecule has 0 radical (unpaired) electrons. The van der Waals surface area contributed by atoms with E-state index in [1.54, 1.807) is 12.1 Å². The van der Waals surface area contributed by atoms with Crippen LogP contribution in [0.3, 0.4) is 0 Å². The number of rotatable bonds is 6. The summed E-state index contributed by atoms with van der Waals surface area (Å²) in [7, 11) is 1.28. The molecule has 3 rings (SSSR count). The van der Waals surface area contributed by atoms with Crippen LogP contribution in [-0.4, -0.2) is 38.4 Å². The highest BCUT2D eigenvalue weighted by Crippen LogP contribution is 2.40. The smallest absolute Gasteiger partial charge is 0.337 e. The predicted molar refractivity (Wildman–Crippen MR) is 104 cm³/mol. The molecule has 0 unspecified atom stereocenters. The molecule has 1 aliphatic rings. The number of anilines is 1. The van der Waals surface area contributed by atoms with E-state index in [0.717, 1.165) is 0 Å². The largest absolute Gasteiger partial charge is 0.465 e. The quantitative estimate of drug-likeness (QED) is 0.569. The van der Waals surface area contributed by atoms with Crippen molar-refractivity contribution in [3.05, 3.63) is 58.6 Å². The van der Waals surface area contributed by atoms with Crippen LogP contribution in [0.5, 0.6) is 11.5 Å². The van der Waals surface area contributed by atoms with Crippen LogP contribution in [0, 0.1) is 0 Å². The van der Waals surface area contributed by atoms with Crippen molar-refractivity contribution in [2.75, 3.05) is 25.8 Å². The van der Waals surface area contributed by atoms with Crippen molar-refractivity contribution in [1.82, 2.24) is 0 Å². The lowest BCUT2D eigenvalue weighted by atomic mass is 10.2. The van der Waals surface area contributed by atoms with Gasteiger partial charge in [-0.2, -0.15) is 0 Å². The van der Waals surface area contributed by atoms with Crippen molar-refractivity contribution in [3.8, 4) is 11.5 Å². The normalized spacial score (nSPS) is 11.9. The maximum Gasteiger partial charge on any atom is 0.337 e. The van der Waals surface area contributed by atoms with Gasteiger partial charge in [-0.15, -0.1) is 0 Å². The van der Waals surface area contributed by atoms with Gasteiger partial charge in [0.2, 0.25) is 6.79 Å². The Kier molecular flexibility index (Phi) is 6.36. The van der Waals surface area contributed by atoms with Crippen LogP contribution in [0.15, 0.2) is 42.5 Å². The minimum absolute atomic E-state index is 0.0881. The molecule has 0 aliphatic carbocycles. The number of methoxy groups -OCH3 is 1. The molecule has 150 valence electrons. The van der Waals surface area contributed by atoms with Crippen molar-refractivity contribution in [3.63, 3.8) is 0 Å². The van der Waals surface area contributed by atoms with Gasteiger partial charge in [0.05, 0.1) is 17.7 Å². The minimum atomic E-state index is -0.699. The maximum atomic E-state index is 11.9. The van der Waals surface area contributed by atoms with Crippen molar-refractivity contribution in [2.45, 2.75) is 0 Å². The molecule has 1 heterocycles. The third-order valence-corrected chi connectivity index (χ3v) is 4.08. The lowest BCUT2D eigenvalue weighted by molar-refractivity contribution is -0.142. The summed E-state index contributed by atoms with van der Waals surface area (Å²) in [6.45, 7) is -0.380. The number of ether oxygens (including phenoxy) is 4. The fourth-order valence-electron chi connectivity index (χ4n) is 2.44. The van der Waals surface area contributed by atoms with Crippen LogP contribution in [0.4, 0.5) is 5.69 Å². The van der Waals surface area contributed by atoms with Gasteiger partial charge in [0.25, 0.3) is 5.91 Å². The molecule has 0 atom stereocenters. The first-order chi connectivity index (χ1) is 14.0. The van der Waals surface area contributed by atoms with E-state index < -0.39 is 24.5 Å². The molecule has 0 fully saturated rings. The molecule has 2 aromatic carbocycles. The number of hydrogen-bond acceptors (Lipinski definition) is 7. The average Bonchev–Trinajstić information content (AvgIpc) is 3.20. The number of carbonyl (C=O) groups excluding carboxylic acids is 3. The summed E-state index contributed by atoms with van der Waals surface area (Å²) < 4.78 is 20.0. The summed E-state index contributed by atoms with van der Waals surface area (Å²) in [6, 6.07) is 9.37. The van der Waals surface area contributed by atoms with Crippen LogP contribution in [-0.2, 0) is 19.1 Å². The Hall–Kier alpha value is -3.52. The second-order valence-electron chi connectivity index (χ2n) is 5.79. The Morgan fingerprint density at radius 2 is 1.93 bits per heavy atom. The Morgan fingerprint density at radius 3 is 2.66 bits per heavy atom. The second kappa shape index (κ2) is 9.11. The fraction of sp³-hybridized carbons (Fsp3) is 0.150. The Bertz CT molecular complexity index is 970. The lowest BCUT2D eigenvalue weighted by Gasteiger charge is -2.06. The van der Waals surface area contributed by atoms with E-state index in [1.165, 1.54) is 43.5 Å². The van der Waals surface area contributed by atoms with Gasteiger partial charge in [0.1, 0.15) is 0 Å². The molecule has 1 N–H and O–H groups in total. The van der Waals surface area contributed by atoms with Crippen LogP contribution in [0.2, 0.25) is 5.02 Å². The topological polar surface area (TPSA) is 100 Å². The third kappa shape index (κ3) is 5.26. The first-order valence-corrected chi connectivity index (χ1v) is 8.76. The molecule has 0 aromatic heterocycles. The van der Waals surface area contributed by atoms with Gasteiger partial charge in [-0.25, -0.2) is 9.59 Å². The number of carbonyl (C=O) groups is 3. The van der Waals surface area contributed by atoms with E-state index in [1.807, 2.05) is 0 Å². The van der Waals surface area contributed by atoms with E-state index in [2.05, 4.69) is 10.1 Å². The van der Waals surface area contributed by atoms with Crippen LogP contribution >= 0.6 is 11.6 Å². The zero-order valence-corrected chi connectivity index (χ0v) is 16.0. The van der Waals surface area contributed by atoms with Gasteiger partial charge < -0.3 is 24.3 Å². The fourth-order valence-corrected chi connectivity index (χ4v) is 2.71. The third-order valence-electron chi connectivity index (χ3n) is 3.80. The predicted octanol–water partition coefficient (Wildman–Crippen LogP) is 3.05. The van der Waals surface area contributed by atoms with Gasteiger partial charge in [0, 0.05) is 11.8 Å².